The second kappa shape index (κ2) is 10.1. The van der Waals surface area contributed by atoms with Gasteiger partial charge in [-0.1, -0.05) is 6.07 Å². The summed E-state index contributed by atoms with van der Waals surface area (Å²) in [5.41, 5.74) is 2.89. The average molecular weight is 409 g/mol. The van der Waals surface area contributed by atoms with Crippen LogP contribution >= 0.6 is 0 Å². The van der Waals surface area contributed by atoms with E-state index in [2.05, 4.69) is 27.0 Å². The lowest BCUT2D eigenvalue weighted by Crippen LogP contribution is -2.41. The SMILES string of the molecule is CCOC1CCN(C(=O)c2ccc([C@H]3CCCN(Cc4ccccn4)C3)nc2)CC1. The van der Waals surface area contributed by atoms with Crippen LogP contribution < -0.4 is 0 Å². The molecular formula is C24H32N4O2. The Hall–Kier alpha value is -2.31. The van der Waals surface area contributed by atoms with Crippen LogP contribution in [-0.4, -0.2) is 64.6 Å². The number of rotatable bonds is 6. The summed E-state index contributed by atoms with van der Waals surface area (Å²) in [7, 11) is 0. The standard InChI is InChI=1S/C24H32N4O2/c1-2-30-22-10-14-28(15-11-22)24(29)19-8-9-23(26-16-19)20-6-5-13-27(17-20)18-21-7-3-4-12-25-21/h3-4,7-9,12,16,20,22H,2,5-6,10-11,13-15,17-18H2,1H3/t20-/m0/s1. The number of aromatic nitrogens is 2. The highest BCUT2D eigenvalue weighted by Crippen LogP contribution is 2.26. The molecule has 0 radical (unpaired) electrons. The summed E-state index contributed by atoms with van der Waals surface area (Å²) in [5.74, 6) is 0.498. The van der Waals surface area contributed by atoms with E-state index in [1.807, 2.05) is 36.2 Å². The van der Waals surface area contributed by atoms with Gasteiger partial charge in [0.25, 0.3) is 5.91 Å². The Morgan fingerprint density at radius 2 is 1.97 bits per heavy atom. The molecule has 30 heavy (non-hydrogen) atoms. The molecule has 2 fully saturated rings. The molecular weight excluding hydrogens is 376 g/mol. The fourth-order valence-electron chi connectivity index (χ4n) is 4.58. The van der Waals surface area contributed by atoms with Crippen molar-refractivity contribution in [2.45, 2.75) is 51.2 Å². The fourth-order valence-corrected chi connectivity index (χ4v) is 4.58. The number of carbonyl (C=O) groups is 1. The average Bonchev–Trinajstić information content (AvgIpc) is 2.80. The summed E-state index contributed by atoms with van der Waals surface area (Å²) in [6, 6.07) is 10.1. The highest BCUT2D eigenvalue weighted by atomic mass is 16.5. The van der Waals surface area contributed by atoms with Crippen LogP contribution in [0.2, 0.25) is 0 Å². The van der Waals surface area contributed by atoms with Crippen LogP contribution in [0.3, 0.4) is 0 Å². The van der Waals surface area contributed by atoms with Gasteiger partial charge in [0.1, 0.15) is 0 Å². The molecule has 6 nitrogen and oxygen atoms in total. The second-order valence-electron chi connectivity index (χ2n) is 8.31. The Morgan fingerprint density at radius 3 is 2.67 bits per heavy atom. The van der Waals surface area contributed by atoms with E-state index in [1.54, 1.807) is 6.20 Å². The van der Waals surface area contributed by atoms with Crippen LogP contribution in [0.15, 0.2) is 42.7 Å². The highest BCUT2D eigenvalue weighted by molar-refractivity contribution is 5.94. The summed E-state index contributed by atoms with van der Waals surface area (Å²) >= 11 is 0. The first-order chi connectivity index (χ1) is 14.7. The molecule has 0 spiro atoms. The summed E-state index contributed by atoms with van der Waals surface area (Å²) in [6.45, 7) is 7.25. The molecule has 160 valence electrons. The molecule has 1 amide bonds. The first-order valence-electron chi connectivity index (χ1n) is 11.2. The minimum atomic E-state index is 0.0874. The number of hydrogen-bond acceptors (Lipinski definition) is 5. The van der Waals surface area contributed by atoms with Gasteiger partial charge in [0.2, 0.25) is 0 Å². The molecule has 4 heterocycles. The number of pyridine rings is 2. The van der Waals surface area contributed by atoms with Gasteiger partial charge in [0.05, 0.1) is 17.4 Å². The van der Waals surface area contributed by atoms with E-state index >= 15 is 0 Å². The molecule has 1 atom stereocenters. The van der Waals surface area contributed by atoms with Gasteiger partial charge in [-0.15, -0.1) is 0 Å². The predicted octanol–water partition coefficient (Wildman–Crippen LogP) is 3.50. The summed E-state index contributed by atoms with van der Waals surface area (Å²) in [5, 5.41) is 0. The van der Waals surface area contributed by atoms with Crippen molar-refractivity contribution < 1.29 is 9.53 Å². The third kappa shape index (κ3) is 5.24. The van der Waals surface area contributed by atoms with Gasteiger partial charge in [0, 0.05) is 56.8 Å². The molecule has 2 aliphatic heterocycles. The number of likely N-dealkylation sites (tertiary alicyclic amines) is 2. The van der Waals surface area contributed by atoms with Crippen LogP contribution in [-0.2, 0) is 11.3 Å². The van der Waals surface area contributed by atoms with Gasteiger partial charge < -0.3 is 9.64 Å². The zero-order valence-electron chi connectivity index (χ0n) is 17.9. The van der Waals surface area contributed by atoms with E-state index in [-0.39, 0.29) is 5.91 Å². The second-order valence-corrected chi connectivity index (χ2v) is 8.31. The van der Waals surface area contributed by atoms with E-state index in [0.717, 1.165) is 76.4 Å². The van der Waals surface area contributed by atoms with E-state index in [9.17, 15) is 4.79 Å². The van der Waals surface area contributed by atoms with E-state index in [1.165, 1.54) is 0 Å². The molecule has 0 N–H and O–H groups in total. The van der Waals surface area contributed by atoms with E-state index < -0.39 is 0 Å². The number of amides is 1. The molecule has 0 aliphatic carbocycles. The highest BCUT2D eigenvalue weighted by Gasteiger charge is 2.25. The van der Waals surface area contributed by atoms with Gasteiger partial charge in [0.15, 0.2) is 0 Å². The lowest BCUT2D eigenvalue weighted by atomic mass is 9.94. The zero-order valence-corrected chi connectivity index (χ0v) is 17.9. The minimum absolute atomic E-state index is 0.0874. The quantitative estimate of drug-likeness (QED) is 0.732. The van der Waals surface area contributed by atoms with Gasteiger partial charge in [-0.25, -0.2) is 0 Å². The Balaban J connectivity index is 1.33. The molecule has 2 saturated heterocycles. The van der Waals surface area contributed by atoms with E-state index in [0.29, 0.717) is 17.6 Å². The topological polar surface area (TPSA) is 58.6 Å². The Bertz CT molecular complexity index is 804. The molecule has 0 bridgehead atoms. The van der Waals surface area contributed by atoms with Crippen molar-refractivity contribution in [2.75, 3.05) is 32.8 Å². The first kappa shape index (κ1) is 20.9. The first-order valence-corrected chi connectivity index (χ1v) is 11.2. The van der Waals surface area contributed by atoms with Gasteiger partial charge in [-0.2, -0.15) is 0 Å². The molecule has 2 aromatic heterocycles. The number of ether oxygens (including phenoxy) is 1. The van der Waals surface area contributed by atoms with Gasteiger partial charge >= 0.3 is 0 Å². The maximum atomic E-state index is 12.8. The Labute approximate surface area is 179 Å². The van der Waals surface area contributed by atoms with Crippen LogP contribution in [0.5, 0.6) is 0 Å². The Kier molecular flexibility index (Phi) is 7.07. The van der Waals surface area contributed by atoms with Crippen molar-refractivity contribution in [3.63, 3.8) is 0 Å². The van der Waals surface area contributed by atoms with Crippen LogP contribution in [0, 0.1) is 0 Å². The van der Waals surface area contributed by atoms with Crippen molar-refractivity contribution in [1.29, 1.82) is 0 Å². The smallest absolute Gasteiger partial charge is 0.255 e. The van der Waals surface area contributed by atoms with E-state index in [4.69, 9.17) is 4.74 Å². The summed E-state index contributed by atoms with van der Waals surface area (Å²) < 4.78 is 5.69. The number of carbonyl (C=O) groups excluding carboxylic acids is 1. The maximum Gasteiger partial charge on any atom is 0.255 e. The largest absolute Gasteiger partial charge is 0.378 e. The lowest BCUT2D eigenvalue weighted by Gasteiger charge is -2.33. The zero-order chi connectivity index (χ0) is 20.8. The fraction of sp³-hybridized carbons (Fsp3) is 0.542. The van der Waals surface area contributed by atoms with Crippen LogP contribution in [0.25, 0.3) is 0 Å². The predicted molar refractivity (Wildman–Crippen MR) is 116 cm³/mol. The maximum absolute atomic E-state index is 12.8. The van der Waals surface area contributed by atoms with Crippen molar-refractivity contribution in [3.8, 4) is 0 Å². The molecule has 6 heteroatoms. The van der Waals surface area contributed by atoms with Crippen LogP contribution in [0.1, 0.15) is 60.3 Å². The molecule has 2 aliphatic rings. The van der Waals surface area contributed by atoms with Crippen molar-refractivity contribution >= 4 is 5.91 Å². The van der Waals surface area contributed by atoms with Gasteiger partial charge in [-0.3, -0.25) is 19.7 Å². The van der Waals surface area contributed by atoms with Gasteiger partial charge in [-0.05, 0) is 63.4 Å². The lowest BCUT2D eigenvalue weighted by molar-refractivity contribution is 0.0146. The molecule has 2 aromatic rings. The summed E-state index contributed by atoms with van der Waals surface area (Å²) in [4.78, 5) is 26.4. The normalized spacial score (nSPS) is 21.0. The van der Waals surface area contributed by atoms with Crippen LogP contribution in [0.4, 0.5) is 0 Å². The molecule has 0 unspecified atom stereocenters. The summed E-state index contributed by atoms with van der Waals surface area (Å²) in [6.07, 6.45) is 8.05. The van der Waals surface area contributed by atoms with Crippen molar-refractivity contribution in [3.05, 3.63) is 59.7 Å². The van der Waals surface area contributed by atoms with Crippen molar-refractivity contribution in [1.82, 2.24) is 19.8 Å². The molecule has 0 saturated carbocycles. The number of nitrogens with zero attached hydrogens (tertiary/aromatic N) is 4. The third-order valence-corrected chi connectivity index (χ3v) is 6.20. The molecule has 4 rings (SSSR count). The number of piperidine rings is 2. The van der Waals surface area contributed by atoms with Crippen molar-refractivity contribution in [2.24, 2.45) is 0 Å². The third-order valence-electron chi connectivity index (χ3n) is 6.20. The molecule has 0 aromatic carbocycles. The monoisotopic (exact) mass is 408 g/mol. The Morgan fingerprint density at radius 1 is 1.10 bits per heavy atom. The minimum Gasteiger partial charge on any atom is -0.378 e. The number of hydrogen-bond donors (Lipinski definition) is 0.